The van der Waals surface area contributed by atoms with Gasteiger partial charge in [0.25, 0.3) is 0 Å². The minimum Gasteiger partial charge on any atom is -0.495 e. The first-order chi connectivity index (χ1) is 15.9. The molecule has 0 spiro atoms. The first-order valence-electron chi connectivity index (χ1n) is 10.8. The van der Waals surface area contributed by atoms with Gasteiger partial charge in [0.1, 0.15) is 18.1 Å². The fraction of sp³-hybridized carbons (Fsp3) is 0.375. The summed E-state index contributed by atoms with van der Waals surface area (Å²) in [5, 5.41) is 12.7. The van der Waals surface area contributed by atoms with Crippen molar-refractivity contribution in [3.8, 4) is 11.5 Å². The fourth-order valence-electron chi connectivity index (χ4n) is 3.14. The lowest BCUT2D eigenvalue weighted by atomic mass is 10.2. The van der Waals surface area contributed by atoms with E-state index in [0.717, 1.165) is 24.5 Å². The molecule has 0 fully saturated rings. The van der Waals surface area contributed by atoms with E-state index < -0.39 is 0 Å². The first-order valence-corrected chi connectivity index (χ1v) is 12.2. The molecule has 1 amide bonds. The fourth-order valence-corrected chi connectivity index (χ4v) is 4.08. The molecule has 7 nitrogen and oxygen atoms in total. The van der Waals surface area contributed by atoms with E-state index in [1.807, 2.05) is 16.7 Å². The van der Waals surface area contributed by atoms with Gasteiger partial charge in [0, 0.05) is 11.6 Å². The maximum absolute atomic E-state index is 12.6. The van der Waals surface area contributed by atoms with Gasteiger partial charge in [-0.25, -0.2) is 0 Å². The van der Waals surface area contributed by atoms with Crippen LogP contribution in [0.25, 0.3) is 0 Å². The quantitative estimate of drug-likeness (QED) is 0.361. The van der Waals surface area contributed by atoms with Gasteiger partial charge >= 0.3 is 0 Å². The van der Waals surface area contributed by atoms with E-state index in [1.165, 1.54) is 17.3 Å². The van der Waals surface area contributed by atoms with Crippen molar-refractivity contribution in [2.24, 2.45) is 5.92 Å². The van der Waals surface area contributed by atoms with Crippen molar-refractivity contribution in [2.75, 3.05) is 18.2 Å². The van der Waals surface area contributed by atoms with Crippen LogP contribution in [0.1, 0.15) is 32.2 Å². The van der Waals surface area contributed by atoms with Crippen LogP contribution in [0, 0.1) is 5.92 Å². The highest BCUT2D eigenvalue weighted by atomic mass is 35.5. The van der Waals surface area contributed by atoms with Crippen molar-refractivity contribution in [3.63, 3.8) is 0 Å². The molecule has 3 rings (SSSR count). The van der Waals surface area contributed by atoms with Crippen molar-refractivity contribution < 1.29 is 14.3 Å². The molecule has 1 heterocycles. The van der Waals surface area contributed by atoms with Gasteiger partial charge < -0.3 is 19.4 Å². The molecule has 0 atom stereocenters. The highest BCUT2D eigenvalue weighted by Gasteiger charge is 2.17. The largest absolute Gasteiger partial charge is 0.495 e. The molecule has 9 heteroatoms. The first kappa shape index (κ1) is 24.9. The smallest absolute Gasteiger partial charge is 0.234 e. The second-order valence-corrected chi connectivity index (χ2v) is 9.25. The summed E-state index contributed by atoms with van der Waals surface area (Å²) in [5.41, 5.74) is 1.79. The zero-order valence-electron chi connectivity index (χ0n) is 19.3. The Labute approximate surface area is 203 Å². The number of carbonyl (C=O) groups excluding carboxylic acids is 1. The van der Waals surface area contributed by atoms with E-state index in [4.69, 9.17) is 21.1 Å². The average molecular weight is 489 g/mol. The van der Waals surface area contributed by atoms with Crippen molar-refractivity contribution in [1.82, 2.24) is 14.8 Å². The van der Waals surface area contributed by atoms with Gasteiger partial charge in [0.2, 0.25) is 5.91 Å². The van der Waals surface area contributed by atoms with Crippen molar-refractivity contribution >= 4 is 35.0 Å². The number of benzene rings is 2. The molecule has 0 aliphatic carbocycles. The van der Waals surface area contributed by atoms with Gasteiger partial charge in [-0.15, -0.1) is 10.2 Å². The van der Waals surface area contributed by atoms with Crippen LogP contribution in [0.4, 0.5) is 5.69 Å². The third kappa shape index (κ3) is 7.14. The van der Waals surface area contributed by atoms with E-state index in [2.05, 4.69) is 48.4 Å². The summed E-state index contributed by atoms with van der Waals surface area (Å²) < 4.78 is 13.2. The standard InChI is InChI=1S/C24H29ClN4O3S/c1-5-17-6-9-19(10-7-17)32-14-22-27-28-24(29(22)13-16(2)3)33-15-23(30)26-20-12-18(25)8-11-21(20)31-4/h6-12,16H,5,13-15H2,1-4H3,(H,26,30). The van der Waals surface area contributed by atoms with E-state index in [1.54, 1.807) is 25.3 Å². The Morgan fingerprint density at radius 1 is 1.18 bits per heavy atom. The van der Waals surface area contributed by atoms with Crippen molar-refractivity contribution in [2.45, 2.75) is 45.5 Å². The normalized spacial score (nSPS) is 11.0. The summed E-state index contributed by atoms with van der Waals surface area (Å²) in [6, 6.07) is 13.1. The maximum atomic E-state index is 12.6. The lowest BCUT2D eigenvalue weighted by Crippen LogP contribution is -2.16. The maximum Gasteiger partial charge on any atom is 0.234 e. The predicted molar refractivity (Wildman–Crippen MR) is 132 cm³/mol. The number of methoxy groups -OCH3 is 1. The molecule has 1 N–H and O–H groups in total. The summed E-state index contributed by atoms with van der Waals surface area (Å²) in [5.74, 6) is 2.43. The highest BCUT2D eigenvalue weighted by Crippen LogP contribution is 2.28. The van der Waals surface area contributed by atoms with Crippen molar-refractivity contribution in [3.05, 3.63) is 58.9 Å². The number of carbonyl (C=O) groups is 1. The second-order valence-electron chi connectivity index (χ2n) is 7.87. The number of hydrogen-bond donors (Lipinski definition) is 1. The molecule has 0 aliphatic rings. The number of aryl methyl sites for hydroxylation is 1. The molecule has 0 saturated heterocycles. The molecule has 0 saturated carbocycles. The minimum atomic E-state index is -0.187. The number of thioether (sulfide) groups is 1. The molecule has 3 aromatic rings. The third-order valence-electron chi connectivity index (χ3n) is 4.81. The van der Waals surface area contributed by atoms with E-state index in [9.17, 15) is 4.79 Å². The van der Waals surface area contributed by atoms with Crippen LogP contribution in [0.15, 0.2) is 47.6 Å². The summed E-state index contributed by atoms with van der Waals surface area (Å²) in [6.45, 7) is 7.40. The Morgan fingerprint density at radius 3 is 2.61 bits per heavy atom. The zero-order chi connectivity index (χ0) is 23.8. The molecule has 0 radical (unpaired) electrons. The van der Waals surface area contributed by atoms with Crippen LogP contribution in [0.3, 0.4) is 0 Å². The summed E-state index contributed by atoms with van der Waals surface area (Å²) in [7, 11) is 1.55. The van der Waals surface area contributed by atoms with Crippen LogP contribution in [0.5, 0.6) is 11.5 Å². The van der Waals surface area contributed by atoms with Crippen LogP contribution in [-0.2, 0) is 24.4 Å². The van der Waals surface area contributed by atoms with E-state index in [0.29, 0.717) is 34.1 Å². The molecule has 0 bridgehead atoms. The van der Waals surface area contributed by atoms with Crippen LogP contribution >= 0.6 is 23.4 Å². The average Bonchev–Trinajstić information content (AvgIpc) is 3.17. The zero-order valence-corrected chi connectivity index (χ0v) is 20.9. The van der Waals surface area contributed by atoms with E-state index in [-0.39, 0.29) is 11.7 Å². The predicted octanol–water partition coefficient (Wildman–Crippen LogP) is 5.47. The number of amides is 1. The summed E-state index contributed by atoms with van der Waals surface area (Å²) in [4.78, 5) is 12.6. The Kier molecular flexibility index (Phi) is 9.03. The van der Waals surface area contributed by atoms with Gasteiger partial charge in [-0.1, -0.05) is 56.3 Å². The molecular formula is C24H29ClN4O3S. The number of nitrogens with one attached hydrogen (secondary N) is 1. The van der Waals surface area contributed by atoms with E-state index >= 15 is 0 Å². The molecule has 176 valence electrons. The van der Waals surface area contributed by atoms with Gasteiger partial charge in [0.15, 0.2) is 11.0 Å². The Hall–Kier alpha value is -2.71. The second kappa shape index (κ2) is 12.0. The lowest BCUT2D eigenvalue weighted by molar-refractivity contribution is -0.113. The summed E-state index contributed by atoms with van der Waals surface area (Å²) >= 11 is 7.38. The molecule has 1 aromatic heterocycles. The number of hydrogen-bond acceptors (Lipinski definition) is 6. The molecule has 0 aliphatic heterocycles. The number of anilines is 1. The number of nitrogens with zero attached hydrogens (tertiary/aromatic N) is 3. The van der Waals surface area contributed by atoms with Gasteiger partial charge in [0.05, 0.1) is 18.6 Å². The molecule has 2 aromatic carbocycles. The number of halogens is 1. The van der Waals surface area contributed by atoms with Gasteiger partial charge in [-0.3, -0.25) is 4.79 Å². The number of ether oxygens (including phenoxy) is 2. The monoisotopic (exact) mass is 488 g/mol. The van der Waals surface area contributed by atoms with Gasteiger partial charge in [-0.2, -0.15) is 0 Å². The Bertz CT molecular complexity index is 1070. The lowest BCUT2D eigenvalue weighted by Gasteiger charge is -2.13. The summed E-state index contributed by atoms with van der Waals surface area (Å²) in [6.07, 6.45) is 0.987. The topological polar surface area (TPSA) is 78.3 Å². The molecular weight excluding hydrogens is 460 g/mol. The Morgan fingerprint density at radius 2 is 1.94 bits per heavy atom. The SMILES string of the molecule is CCc1ccc(OCc2nnc(SCC(=O)Nc3cc(Cl)ccc3OC)n2CC(C)C)cc1. The third-order valence-corrected chi connectivity index (χ3v) is 6.01. The van der Waals surface area contributed by atoms with Crippen LogP contribution in [0.2, 0.25) is 5.02 Å². The van der Waals surface area contributed by atoms with Gasteiger partial charge in [-0.05, 0) is 48.2 Å². The number of aromatic nitrogens is 3. The van der Waals surface area contributed by atoms with Crippen LogP contribution in [-0.4, -0.2) is 33.5 Å². The minimum absolute atomic E-state index is 0.172. The van der Waals surface area contributed by atoms with Crippen LogP contribution < -0.4 is 14.8 Å². The highest BCUT2D eigenvalue weighted by molar-refractivity contribution is 7.99. The molecule has 33 heavy (non-hydrogen) atoms. The Balaban J connectivity index is 1.65. The van der Waals surface area contributed by atoms with Crippen molar-refractivity contribution in [1.29, 1.82) is 0 Å². The molecule has 0 unspecified atom stereocenters. The number of rotatable bonds is 11.